The van der Waals surface area contributed by atoms with E-state index < -0.39 is 15.1 Å². The van der Waals surface area contributed by atoms with E-state index >= 15 is 0 Å². The molecule has 198 valence electrons. The number of rotatable bonds is 8. The molecule has 1 amide bonds. The summed E-state index contributed by atoms with van der Waals surface area (Å²) in [4.78, 5) is 17.7. The first kappa shape index (κ1) is 27.0. The maximum Gasteiger partial charge on any atom is 0.407 e. The van der Waals surface area contributed by atoms with Crippen molar-refractivity contribution in [1.29, 1.82) is 0 Å². The quantitative estimate of drug-likeness (QED) is 0.372. The van der Waals surface area contributed by atoms with Crippen LogP contribution in [0.1, 0.15) is 64.3 Å². The molecule has 1 aliphatic rings. The second kappa shape index (κ2) is 11.6. The van der Waals surface area contributed by atoms with Gasteiger partial charge in [0, 0.05) is 35.6 Å². The van der Waals surface area contributed by atoms with Crippen LogP contribution in [-0.2, 0) is 14.6 Å². The van der Waals surface area contributed by atoms with Crippen molar-refractivity contribution in [1.82, 2.24) is 20.5 Å². The molecular weight excluding hydrogens is 510 g/mol. The topological polar surface area (TPSA) is 123 Å². The van der Waals surface area contributed by atoms with Gasteiger partial charge in [-0.1, -0.05) is 6.07 Å². The zero-order valence-corrected chi connectivity index (χ0v) is 23.1. The molecular formula is C26H33N5O4S2. The van der Waals surface area contributed by atoms with Gasteiger partial charge in [-0.2, -0.15) is 5.10 Å². The largest absolute Gasteiger partial charge is 0.447 e. The third-order valence-corrected chi connectivity index (χ3v) is 9.67. The van der Waals surface area contributed by atoms with Crippen LogP contribution < -0.4 is 10.6 Å². The van der Waals surface area contributed by atoms with Crippen molar-refractivity contribution >= 4 is 38.8 Å². The van der Waals surface area contributed by atoms with E-state index in [1.54, 1.807) is 44.4 Å². The van der Waals surface area contributed by atoms with Gasteiger partial charge in [0.1, 0.15) is 0 Å². The van der Waals surface area contributed by atoms with Gasteiger partial charge in [0.05, 0.1) is 26.1 Å². The number of carbonyl (C=O) groups is 1. The minimum absolute atomic E-state index is 0.0964. The van der Waals surface area contributed by atoms with Crippen molar-refractivity contribution in [2.24, 2.45) is 0 Å². The van der Waals surface area contributed by atoms with Gasteiger partial charge in [0.2, 0.25) is 0 Å². The summed E-state index contributed by atoms with van der Waals surface area (Å²) < 4.78 is 31.8. The highest BCUT2D eigenvalue weighted by Crippen LogP contribution is 2.40. The van der Waals surface area contributed by atoms with Gasteiger partial charge < -0.3 is 15.4 Å². The number of hydrogen-bond donors (Lipinski definition) is 2. The molecule has 2 N–H and O–H groups in total. The third kappa shape index (κ3) is 6.64. The Morgan fingerprint density at radius 1 is 1.11 bits per heavy atom. The number of ether oxygens (including phenoxy) is 1. The predicted molar refractivity (Wildman–Crippen MR) is 145 cm³/mol. The number of anilines is 2. The van der Waals surface area contributed by atoms with Crippen LogP contribution in [0.3, 0.4) is 0 Å². The molecule has 0 saturated heterocycles. The molecule has 0 atom stereocenters. The molecule has 0 radical (unpaired) electrons. The Morgan fingerprint density at radius 3 is 2.51 bits per heavy atom. The number of carbonyl (C=O) groups excluding carboxylic acids is 1. The average Bonchev–Trinajstić information content (AvgIpc) is 3.34. The second-order valence-electron chi connectivity index (χ2n) is 9.75. The molecule has 1 saturated carbocycles. The van der Waals surface area contributed by atoms with Gasteiger partial charge in [-0.25, -0.2) is 18.2 Å². The highest BCUT2D eigenvalue weighted by atomic mass is 32.2. The monoisotopic (exact) mass is 543 g/mol. The molecule has 2 aromatic heterocycles. The van der Waals surface area contributed by atoms with E-state index in [1.165, 1.54) is 11.3 Å². The molecule has 37 heavy (non-hydrogen) atoms. The summed E-state index contributed by atoms with van der Waals surface area (Å²) >= 11 is 1.54. The SMILES string of the molecule is CC(C)OC(=O)N[C@H]1CC[C@H](c2ncc(-c3ccc(Nc4cccnn4)cc3S(=O)(=O)C(C)C)s2)CC1. The number of amides is 1. The summed E-state index contributed by atoms with van der Waals surface area (Å²) in [7, 11) is -3.56. The molecule has 0 bridgehead atoms. The lowest BCUT2D eigenvalue weighted by molar-refractivity contribution is 0.109. The second-order valence-corrected chi connectivity index (χ2v) is 13.3. The minimum atomic E-state index is -3.56. The van der Waals surface area contributed by atoms with E-state index in [0.717, 1.165) is 35.6 Å². The van der Waals surface area contributed by atoms with Gasteiger partial charge in [-0.3, -0.25) is 0 Å². The Morgan fingerprint density at radius 2 is 1.86 bits per heavy atom. The maximum absolute atomic E-state index is 13.3. The highest BCUT2D eigenvalue weighted by molar-refractivity contribution is 7.92. The van der Waals surface area contributed by atoms with Crippen LogP contribution in [0.5, 0.6) is 0 Å². The number of hydrogen-bond acceptors (Lipinski definition) is 9. The number of alkyl carbamates (subject to hydrolysis) is 1. The summed E-state index contributed by atoms with van der Waals surface area (Å²) in [5.41, 5.74) is 1.27. The summed E-state index contributed by atoms with van der Waals surface area (Å²) in [6.07, 6.45) is 6.33. The Hall–Kier alpha value is -3.05. The van der Waals surface area contributed by atoms with Gasteiger partial charge in [-0.05, 0) is 77.6 Å². The zero-order chi connectivity index (χ0) is 26.6. The molecule has 0 aliphatic heterocycles. The summed E-state index contributed by atoms with van der Waals surface area (Å²) in [5.74, 6) is 0.812. The van der Waals surface area contributed by atoms with Crippen molar-refractivity contribution < 1.29 is 17.9 Å². The van der Waals surface area contributed by atoms with Gasteiger partial charge in [-0.15, -0.1) is 16.4 Å². The highest BCUT2D eigenvalue weighted by Gasteiger charge is 2.28. The van der Waals surface area contributed by atoms with E-state index in [-0.39, 0.29) is 29.1 Å². The first-order chi connectivity index (χ1) is 17.6. The molecule has 9 nitrogen and oxygen atoms in total. The van der Waals surface area contributed by atoms with Gasteiger partial charge in [0.25, 0.3) is 0 Å². The first-order valence-corrected chi connectivity index (χ1v) is 14.9. The van der Waals surface area contributed by atoms with Crippen LogP contribution in [0.15, 0.2) is 47.6 Å². The van der Waals surface area contributed by atoms with Crippen molar-refractivity contribution in [2.45, 2.75) is 81.6 Å². The van der Waals surface area contributed by atoms with E-state index in [0.29, 0.717) is 17.1 Å². The molecule has 0 unspecified atom stereocenters. The van der Waals surface area contributed by atoms with Crippen molar-refractivity contribution in [3.63, 3.8) is 0 Å². The maximum atomic E-state index is 13.3. The fraction of sp³-hybridized carbons (Fsp3) is 0.462. The number of sulfone groups is 1. The molecule has 11 heteroatoms. The summed E-state index contributed by atoms with van der Waals surface area (Å²) in [5, 5.41) is 14.4. The first-order valence-electron chi connectivity index (χ1n) is 12.5. The predicted octanol–water partition coefficient (Wildman–Crippen LogP) is 5.69. The summed E-state index contributed by atoms with van der Waals surface area (Å²) in [6, 6.07) is 8.95. The van der Waals surface area contributed by atoms with E-state index in [4.69, 9.17) is 4.74 Å². The van der Waals surface area contributed by atoms with Crippen LogP contribution in [0, 0.1) is 0 Å². The van der Waals surface area contributed by atoms with Crippen LogP contribution in [0.25, 0.3) is 10.4 Å². The Kier molecular flexibility index (Phi) is 8.43. The van der Waals surface area contributed by atoms with Gasteiger partial charge >= 0.3 is 6.09 Å². The van der Waals surface area contributed by atoms with Crippen LogP contribution in [-0.4, -0.2) is 47.1 Å². The number of thiazole rings is 1. The third-order valence-electron chi connectivity index (χ3n) is 6.28. The normalized spacial score (nSPS) is 18.1. The molecule has 1 aromatic carbocycles. The lowest BCUT2D eigenvalue weighted by atomic mass is 9.86. The van der Waals surface area contributed by atoms with E-state index in [9.17, 15) is 13.2 Å². The number of benzene rings is 1. The number of nitrogens with one attached hydrogen (secondary N) is 2. The van der Waals surface area contributed by atoms with Crippen molar-refractivity contribution in [3.8, 4) is 10.4 Å². The van der Waals surface area contributed by atoms with E-state index in [1.807, 2.05) is 26.0 Å². The molecule has 0 spiro atoms. The van der Waals surface area contributed by atoms with Crippen LogP contribution in [0.4, 0.5) is 16.3 Å². The van der Waals surface area contributed by atoms with Gasteiger partial charge in [0.15, 0.2) is 15.7 Å². The number of aromatic nitrogens is 3. The molecule has 2 heterocycles. The van der Waals surface area contributed by atoms with Crippen molar-refractivity contribution in [3.05, 3.63) is 47.7 Å². The van der Waals surface area contributed by atoms with Crippen molar-refractivity contribution in [2.75, 3.05) is 5.32 Å². The lowest BCUT2D eigenvalue weighted by Crippen LogP contribution is -2.38. The molecule has 1 fully saturated rings. The Labute approximate surface area is 222 Å². The average molecular weight is 544 g/mol. The Balaban J connectivity index is 1.53. The summed E-state index contributed by atoms with van der Waals surface area (Å²) in [6.45, 7) is 7.03. The Bertz CT molecular complexity index is 1320. The van der Waals surface area contributed by atoms with Crippen LogP contribution >= 0.6 is 11.3 Å². The smallest absolute Gasteiger partial charge is 0.407 e. The molecule has 3 aromatic rings. The lowest BCUT2D eigenvalue weighted by Gasteiger charge is -2.28. The molecule has 4 rings (SSSR count). The fourth-order valence-electron chi connectivity index (χ4n) is 4.31. The van der Waals surface area contributed by atoms with Crippen LogP contribution in [0.2, 0.25) is 0 Å². The molecule has 1 aliphatic carbocycles. The standard InChI is InChI=1S/C26H33N5O4S2/c1-16(2)35-26(32)30-19-9-7-18(8-10-19)25-27-15-22(36-25)21-12-11-20(29-24-6-5-13-28-31-24)14-23(21)37(33,34)17(3)4/h5-6,11-19H,7-10H2,1-4H3,(H,29,31)(H,30,32)/t18-,19-. The van der Waals surface area contributed by atoms with E-state index in [2.05, 4.69) is 25.8 Å². The number of nitrogens with zero attached hydrogens (tertiary/aromatic N) is 3. The zero-order valence-electron chi connectivity index (χ0n) is 21.5. The minimum Gasteiger partial charge on any atom is -0.447 e. The fourth-order valence-corrected chi connectivity index (χ4v) is 6.78.